The van der Waals surface area contributed by atoms with Crippen LogP contribution in [0.25, 0.3) is 5.65 Å². The molecule has 10 heteroatoms. The van der Waals surface area contributed by atoms with E-state index in [4.69, 9.17) is 16.3 Å². The number of carbonyl (C=O) groups is 1. The standard InChI is InChI=1S/C16H11ClF3N3O3/c17-12-5-10(16(18,19)20)6-23(15(12)25)8-14(24)26-9-11-7-22-4-2-1-3-13(22)21-11/h1-7H,8-9H2. The monoisotopic (exact) mass is 385 g/mol. The van der Waals surface area contributed by atoms with E-state index in [1.165, 1.54) is 0 Å². The lowest BCUT2D eigenvalue weighted by Gasteiger charge is -2.11. The number of nitrogens with zero attached hydrogens (tertiary/aromatic N) is 3. The van der Waals surface area contributed by atoms with Crippen molar-refractivity contribution in [1.82, 2.24) is 14.0 Å². The fourth-order valence-electron chi connectivity index (χ4n) is 2.27. The number of hydrogen-bond donors (Lipinski definition) is 0. The number of alkyl halides is 3. The van der Waals surface area contributed by atoms with Crippen LogP contribution in [-0.4, -0.2) is 19.9 Å². The van der Waals surface area contributed by atoms with Crippen molar-refractivity contribution in [2.75, 3.05) is 0 Å². The maximum Gasteiger partial charge on any atom is 0.417 e. The normalized spacial score (nSPS) is 11.7. The number of ether oxygens (including phenoxy) is 1. The minimum absolute atomic E-state index is 0.179. The second-order valence-corrected chi connectivity index (χ2v) is 5.77. The van der Waals surface area contributed by atoms with Crippen molar-refractivity contribution < 1.29 is 22.7 Å². The molecule has 0 saturated heterocycles. The van der Waals surface area contributed by atoms with E-state index in [1.807, 2.05) is 0 Å². The predicted octanol–water partition coefficient (Wildman–Crippen LogP) is 2.91. The number of carbonyl (C=O) groups excluding carboxylic acids is 1. The molecule has 0 aliphatic heterocycles. The zero-order valence-electron chi connectivity index (χ0n) is 13.0. The predicted molar refractivity (Wildman–Crippen MR) is 85.7 cm³/mol. The van der Waals surface area contributed by atoms with Gasteiger partial charge in [-0.1, -0.05) is 17.7 Å². The van der Waals surface area contributed by atoms with Gasteiger partial charge in [0.05, 0.1) is 11.3 Å². The zero-order valence-corrected chi connectivity index (χ0v) is 13.8. The lowest BCUT2D eigenvalue weighted by atomic mass is 10.2. The molecule has 3 aromatic heterocycles. The molecule has 0 unspecified atom stereocenters. The molecule has 0 spiro atoms. The van der Waals surface area contributed by atoms with Crippen LogP contribution >= 0.6 is 11.6 Å². The van der Waals surface area contributed by atoms with E-state index in [1.54, 1.807) is 35.0 Å². The summed E-state index contributed by atoms with van der Waals surface area (Å²) in [4.78, 5) is 27.9. The topological polar surface area (TPSA) is 65.6 Å². The van der Waals surface area contributed by atoms with Crippen LogP contribution in [0.4, 0.5) is 13.2 Å². The average Bonchev–Trinajstić information content (AvgIpc) is 2.99. The number of imidazole rings is 1. The Balaban J connectivity index is 1.71. The van der Waals surface area contributed by atoms with Crippen LogP contribution in [0.2, 0.25) is 5.02 Å². The minimum atomic E-state index is -4.69. The van der Waals surface area contributed by atoms with Crippen molar-refractivity contribution >= 4 is 23.2 Å². The molecule has 3 aromatic rings. The third-order valence-electron chi connectivity index (χ3n) is 3.46. The van der Waals surface area contributed by atoms with Crippen LogP contribution in [0.3, 0.4) is 0 Å². The van der Waals surface area contributed by atoms with Crippen molar-refractivity contribution in [1.29, 1.82) is 0 Å². The molecule has 0 radical (unpaired) electrons. The summed E-state index contributed by atoms with van der Waals surface area (Å²) in [7, 11) is 0. The first-order chi connectivity index (χ1) is 12.2. The Morgan fingerprint density at radius 1 is 1.27 bits per heavy atom. The highest BCUT2D eigenvalue weighted by atomic mass is 35.5. The first-order valence-corrected chi connectivity index (χ1v) is 7.67. The summed E-state index contributed by atoms with van der Waals surface area (Å²) in [6.07, 6.45) is -0.756. The summed E-state index contributed by atoms with van der Waals surface area (Å²) in [5, 5.41) is -0.632. The molecule has 0 fully saturated rings. The number of rotatable bonds is 4. The molecule has 0 saturated carbocycles. The SMILES string of the molecule is O=C(Cn1cc(C(F)(F)F)cc(Cl)c1=O)OCc1cn2ccccc2n1. The number of hydrogen-bond acceptors (Lipinski definition) is 4. The fourth-order valence-corrected chi connectivity index (χ4v) is 2.49. The highest BCUT2D eigenvalue weighted by Crippen LogP contribution is 2.29. The average molecular weight is 386 g/mol. The molecule has 136 valence electrons. The fraction of sp³-hybridized carbons (Fsp3) is 0.188. The second-order valence-electron chi connectivity index (χ2n) is 5.37. The third kappa shape index (κ3) is 3.88. The van der Waals surface area contributed by atoms with Gasteiger partial charge in [-0.25, -0.2) is 4.98 Å². The van der Waals surface area contributed by atoms with Gasteiger partial charge in [-0.05, 0) is 18.2 Å². The van der Waals surface area contributed by atoms with E-state index in [0.717, 1.165) is 0 Å². The smallest absolute Gasteiger partial charge is 0.417 e. The molecule has 0 aliphatic carbocycles. The maximum absolute atomic E-state index is 12.8. The van der Waals surface area contributed by atoms with Crippen LogP contribution < -0.4 is 5.56 Å². The Bertz CT molecular complexity index is 994. The number of fused-ring (bicyclic) bond motifs is 1. The molecule has 6 nitrogen and oxygen atoms in total. The van der Waals surface area contributed by atoms with Gasteiger partial charge in [-0.2, -0.15) is 13.2 Å². The van der Waals surface area contributed by atoms with Crippen molar-refractivity contribution in [2.24, 2.45) is 0 Å². The first-order valence-electron chi connectivity index (χ1n) is 7.29. The molecule has 0 aliphatic rings. The number of pyridine rings is 2. The largest absolute Gasteiger partial charge is 0.458 e. The summed E-state index contributed by atoms with van der Waals surface area (Å²) in [5.74, 6) is -0.889. The van der Waals surface area contributed by atoms with Gasteiger partial charge in [0.25, 0.3) is 5.56 Å². The Hall–Kier alpha value is -2.81. The zero-order chi connectivity index (χ0) is 18.9. The lowest BCUT2D eigenvalue weighted by Crippen LogP contribution is -2.27. The highest BCUT2D eigenvalue weighted by molar-refractivity contribution is 6.30. The van der Waals surface area contributed by atoms with Crippen LogP contribution in [0.1, 0.15) is 11.3 Å². The minimum Gasteiger partial charge on any atom is -0.458 e. The molecule has 26 heavy (non-hydrogen) atoms. The van der Waals surface area contributed by atoms with E-state index in [2.05, 4.69) is 4.98 Å². The van der Waals surface area contributed by atoms with E-state index >= 15 is 0 Å². The first kappa shape index (κ1) is 18.0. The van der Waals surface area contributed by atoms with Gasteiger partial charge in [-0.15, -0.1) is 0 Å². The van der Waals surface area contributed by atoms with Gasteiger partial charge in [0.15, 0.2) is 0 Å². The molecule has 0 aromatic carbocycles. The molecule has 0 amide bonds. The van der Waals surface area contributed by atoms with E-state index in [0.29, 0.717) is 28.2 Å². The second kappa shape index (κ2) is 6.83. The van der Waals surface area contributed by atoms with Crippen LogP contribution in [-0.2, 0) is 28.9 Å². The van der Waals surface area contributed by atoms with Crippen molar-refractivity contribution in [3.05, 3.63) is 69.5 Å². The van der Waals surface area contributed by atoms with Gasteiger partial charge in [0, 0.05) is 18.6 Å². The lowest BCUT2D eigenvalue weighted by molar-refractivity contribution is -0.146. The van der Waals surface area contributed by atoms with Crippen LogP contribution in [0.15, 0.2) is 47.7 Å². The molecule has 0 atom stereocenters. The van der Waals surface area contributed by atoms with E-state index in [-0.39, 0.29) is 6.61 Å². The molecular formula is C16H11ClF3N3O3. The molecule has 3 heterocycles. The summed E-state index contributed by atoms with van der Waals surface area (Å²) < 4.78 is 45.6. The van der Waals surface area contributed by atoms with E-state index < -0.39 is 34.8 Å². The van der Waals surface area contributed by atoms with Crippen molar-refractivity contribution in [3.8, 4) is 0 Å². The number of esters is 1. The molecule has 3 rings (SSSR count). The summed E-state index contributed by atoms with van der Waals surface area (Å²) in [6, 6.07) is 5.87. The van der Waals surface area contributed by atoms with Gasteiger partial charge in [-0.3, -0.25) is 9.59 Å². The molecule has 0 bridgehead atoms. The third-order valence-corrected chi connectivity index (χ3v) is 3.73. The Morgan fingerprint density at radius 3 is 2.73 bits per heavy atom. The van der Waals surface area contributed by atoms with Gasteiger partial charge >= 0.3 is 12.1 Å². The van der Waals surface area contributed by atoms with Crippen LogP contribution in [0.5, 0.6) is 0 Å². The number of halogens is 4. The highest BCUT2D eigenvalue weighted by Gasteiger charge is 2.32. The summed E-state index contributed by atoms with van der Waals surface area (Å²) >= 11 is 5.53. The molecule has 0 N–H and O–H groups in total. The van der Waals surface area contributed by atoms with Crippen molar-refractivity contribution in [2.45, 2.75) is 19.3 Å². The van der Waals surface area contributed by atoms with Gasteiger partial charge in [0.1, 0.15) is 23.8 Å². The van der Waals surface area contributed by atoms with Gasteiger partial charge < -0.3 is 13.7 Å². The summed E-state index contributed by atoms with van der Waals surface area (Å²) in [5.41, 5.74) is -0.932. The Kier molecular flexibility index (Phi) is 4.73. The van der Waals surface area contributed by atoms with Gasteiger partial charge in [0.2, 0.25) is 0 Å². The van der Waals surface area contributed by atoms with Crippen molar-refractivity contribution in [3.63, 3.8) is 0 Å². The number of aromatic nitrogens is 3. The Labute approximate surface area is 149 Å². The summed E-state index contributed by atoms with van der Waals surface area (Å²) in [6.45, 7) is -0.877. The van der Waals surface area contributed by atoms with Crippen LogP contribution in [0, 0.1) is 0 Å². The quantitative estimate of drug-likeness (QED) is 0.648. The maximum atomic E-state index is 12.8. The Morgan fingerprint density at radius 2 is 2.04 bits per heavy atom. The van der Waals surface area contributed by atoms with E-state index in [9.17, 15) is 22.8 Å². The molecular weight excluding hydrogens is 375 g/mol.